The van der Waals surface area contributed by atoms with Crippen molar-refractivity contribution in [1.82, 2.24) is 4.57 Å². The number of hydrogen-bond acceptors (Lipinski definition) is 2. The molecule has 16 heavy (non-hydrogen) atoms. The van der Waals surface area contributed by atoms with Crippen molar-refractivity contribution < 1.29 is 9.53 Å². The molecule has 0 unspecified atom stereocenters. The monoisotopic (exact) mass is 217 g/mol. The van der Waals surface area contributed by atoms with E-state index in [1.807, 2.05) is 12.1 Å². The minimum atomic E-state index is -0.142. The maximum atomic E-state index is 11.0. The van der Waals surface area contributed by atoms with Crippen molar-refractivity contribution in [3.8, 4) is 0 Å². The molecule has 2 rings (SSSR count). The summed E-state index contributed by atoms with van der Waals surface area (Å²) < 4.78 is 6.77. The second-order valence-corrected chi connectivity index (χ2v) is 3.75. The van der Waals surface area contributed by atoms with Gasteiger partial charge < -0.3 is 9.30 Å². The van der Waals surface area contributed by atoms with E-state index in [2.05, 4.69) is 33.7 Å². The topological polar surface area (TPSA) is 31.2 Å². The van der Waals surface area contributed by atoms with Crippen molar-refractivity contribution in [1.29, 1.82) is 0 Å². The highest BCUT2D eigenvalue weighted by atomic mass is 16.5. The fourth-order valence-electron chi connectivity index (χ4n) is 1.83. The Kier molecular flexibility index (Phi) is 3.25. The van der Waals surface area contributed by atoms with Gasteiger partial charge in [-0.1, -0.05) is 18.2 Å². The molecule has 0 aliphatic heterocycles. The third-order valence-corrected chi connectivity index (χ3v) is 2.69. The molecule has 1 heterocycles. The average Bonchev–Trinajstić information content (AvgIpc) is 2.73. The van der Waals surface area contributed by atoms with Gasteiger partial charge in [-0.25, -0.2) is 0 Å². The maximum Gasteiger partial charge on any atom is 0.305 e. The molecule has 1 aromatic carbocycles. The van der Waals surface area contributed by atoms with Crippen molar-refractivity contribution in [3.63, 3.8) is 0 Å². The lowest BCUT2D eigenvalue weighted by Crippen LogP contribution is -2.03. The molecule has 84 valence electrons. The number of para-hydroxylation sites is 1. The van der Waals surface area contributed by atoms with Gasteiger partial charge in [-0.05, 0) is 23.9 Å². The molecule has 0 radical (unpaired) electrons. The molecule has 0 aliphatic carbocycles. The van der Waals surface area contributed by atoms with Gasteiger partial charge in [-0.15, -0.1) is 0 Å². The van der Waals surface area contributed by atoms with Gasteiger partial charge in [0.25, 0.3) is 0 Å². The predicted octanol–water partition coefficient (Wildman–Crippen LogP) is 2.59. The lowest BCUT2D eigenvalue weighted by molar-refractivity contribution is -0.140. The van der Waals surface area contributed by atoms with Crippen LogP contribution < -0.4 is 0 Å². The number of nitrogens with zero attached hydrogens (tertiary/aromatic N) is 1. The van der Waals surface area contributed by atoms with Crippen LogP contribution in [0, 0.1) is 0 Å². The Labute approximate surface area is 94.6 Å². The lowest BCUT2D eigenvalue weighted by Gasteiger charge is -2.04. The molecule has 3 heteroatoms. The zero-order chi connectivity index (χ0) is 11.4. The zero-order valence-electron chi connectivity index (χ0n) is 9.35. The number of carbonyl (C=O) groups excluding carboxylic acids is 1. The summed E-state index contributed by atoms with van der Waals surface area (Å²) in [5, 5.41) is 1.24. The highest BCUT2D eigenvalue weighted by Gasteiger charge is 2.02. The quantitative estimate of drug-likeness (QED) is 0.737. The van der Waals surface area contributed by atoms with E-state index in [0.717, 1.165) is 13.0 Å². The van der Waals surface area contributed by atoms with Crippen LogP contribution in [-0.2, 0) is 16.1 Å². The van der Waals surface area contributed by atoms with Crippen LogP contribution in [0.5, 0.6) is 0 Å². The first kappa shape index (κ1) is 10.7. The van der Waals surface area contributed by atoms with Crippen LogP contribution in [0.25, 0.3) is 10.9 Å². The molecule has 0 saturated carbocycles. The normalized spacial score (nSPS) is 10.6. The van der Waals surface area contributed by atoms with Crippen LogP contribution in [0.1, 0.15) is 12.8 Å². The Morgan fingerprint density at radius 1 is 1.31 bits per heavy atom. The summed E-state index contributed by atoms with van der Waals surface area (Å²) in [6, 6.07) is 10.3. The van der Waals surface area contributed by atoms with E-state index in [1.54, 1.807) is 0 Å². The summed E-state index contributed by atoms with van der Waals surface area (Å²) in [5.74, 6) is -0.142. The van der Waals surface area contributed by atoms with Gasteiger partial charge in [-0.2, -0.15) is 0 Å². The molecule has 2 aromatic rings. The number of aryl methyl sites for hydroxylation is 1. The summed E-state index contributed by atoms with van der Waals surface area (Å²) in [6.45, 7) is 0.850. The highest BCUT2D eigenvalue weighted by molar-refractivity contribution is 5.79. The van der Waals surface area contributed by atoms with Crippen molar-refractivity contribution >= 4 is 16.9 Å². The average molecular weight is 217 g/mol. The molecular weight excluding hydrogens is 202 g/mol. The Morgan fingerprint density at radius 3 is 2.94 bits per heavy atom. The SMILES string of the molecule is COC(=O)CCCn1ccc2ccccc21. The first-order valence-corrected chi connectivity index (χ1v) is 5.42. The number of benzene rings is 1. The lowest BCUT2D eigenvalue weighted by atomic mass is 10.2. The van der Waals surface area contributed by atoms with Gasteiger partial charge in [0.2, 0.25) is 0 Å². The van der Waals surface area contributed by atoms with Crippen LogP contribution in [0.2, 0.25) is 0 Å². The van der Waals surface area contributed by atoms with Gasteiger partial charge >= 0.3 is 5.97 Å². The summed E-state index contributed by atoms with van der Waals surface area (Å²) in [6.07, 6.45) is 3.34. The van der Waals surface area contributed by atoms with Crippen LogP contribution >= 0.6 is 0 Å². The third kappa shape index (κ3) is 2.24. The van der Waals surface area contributed by atoms with Gasteiger partial charge in [-0.3, -0.25) is 4.79 Å². The number of ether oxygens (including phenoxy) is 1. The number of rotatable bonds is 4. The number of esters is 1. The van der Waals surface area contributed by atoms with E-state index in [9.17, 15) is 4.79 Å². The first-order chi connectivity index (χ1) is 7.81. The Morgan fingerprint density at radius 2 is 2.12 bits per heavy atom. The number of carbonyl (C=O) groups is 1. The number of hydrogen-bond donors (Lipinski definition) is 0. The van der Waals surface area contributed by atoms with E-state index >= 15 is 0 Å². The fraction of sp³-hybridized carbons (Fsp3) is 0.308. The molecular formula is C13H15NO2. The van der Waals surface area contributed by atoms with Crippen LogP contribution in [0.15, 0.2) is 36.5 Å². The summed E-state index contributed by atoms with van der Waals surface area (Å²) in [7, 11) is 1.42. The number of fused-ring (bicyclic) bond motifs is 1. The van der Waals surface area contributed by atoms with Gasteiger partial charge in [0.15, 0.2) is 0 Å². The van der Waals surface area contributed by atoms with Crippen LogP contribution in [0.4, 0.5) is 0 Å². The molecule has 0 aliphatic rings. The predicted molar refractivity (Wildman–Crippen MR) is 63.2 cm³/mol. The molecule has 0 N–H and O–H groups in total. The second kappa shape index (κ2) is 4.84. The van der Waals surface area contributed by atoms with Crippen molar-refractivity contribution in [2.24, 2.45) is 0 Å². The smallest absolute Gasteiger partial charge is 0.305 e. The minimum Gasteiger partial charge on any atom is -0.469 e. The second-order valence-electron chi connectivity index (χ2n) is 3.75. The first-order valence-electron chi connectivity index (χ1n) is 5.42. The zero-order valence-corrected chi connectivity index (χ0v) is 9.35. The summed E-state index contributed by atoms with van der Waals surface area (Å²) in [5.41, 5.74) is 1.22. The van der Waals surface area contributed by atoms with Gasteiger partial charge in [0, 0.05) is 24.7 Å². The Balaban J connectivity index is 2.02. The number of methoxy groups -OCH3 is 1. The van der Waals surface area contributed by atoms with E-state index < -0.39 is 0 Å². The minimum absolute atomic E-state index is 0.142. The third-order valence-electron chi connectivity index (χ3n) is 2.69. The number of aromatic nitrogens is 1. The van der Waals surface area contributed by atoms with E-state index in [0.29, 0.717) is 6.42 Å². The molecule has 0 bridgehead atoms. The standard InChI is InChI=1S/C13H15NO2/c1-16-13(15)7-4-9-14-10-8-11-5-2-3-6-12(11)14/h2-3,5-6,8,10H,4,7,9H2,1H3. The van der Waals surface area contributed by atoms with Gasteiger partial charge in [0.05, 0.1) is 7.11 Å². The summed E-state index contributed by atoms with van der Waals surface area (Å²) in [4.78, 5) is 11.0. The van der Waals surface area contributed by atoms with E-state index in [1.165, 1.54) is 18.0 Å². The fourth-order valence-corrected chi connectivity index (χ4v) is 1.83. The van der Waals surface area contributed by atoms with Crippen LogP contribution in [-0.4, -0.2) is 17.6 Å². The molecule has 0 fully saturated rings. The molecule has 0 spiro atoms. The summed E-state index contributed by atoms with van der Waals surface area (Å²) >= 11 is 0. The van der Waals surface area contributed by atoms with Crippen molar-refractivity contribution in [3.05, 3.63) is 36.5 Å². The van der Waals surface area contributed by atoms with E-state index in [4.69, 9.17) is 0 Å². The molecule has 0 atom stereocenters. The molecule has 0 saturated heterocycles. The van der Waals surface area contributed by atoms with Crippen LogP contribution in [0.3, 0.4) is 0 Å². The molecule has 3 nitrogen and oxygen atoms in total. The van der Waals surface area contributed by atoms with E-state index in [-0.39, 0.29) is 5.97 Å². The van der Waals surface area contributed by atoms with Crippen molar-refractivity contribution in [2.75, 3.05) is 7.11 Å². The Hall–Kier alpha value is -1.77. The molecule has 1 aromatic heterocycles. The molecule has 0 amide bonds. The van der Waals surface area contributed by atoms with Crippen molar-refractivity contribution in [2.45, 2.75) is 19.4 Å². The maximum absolute atomic E-state index is 11.0. The highest BCUT2D eigenvalue weighted by Crippen LogP contribution is 2.15. The van der Waals surface area contributed by atoms with Gasteiger partial charge in [0.1, 0.15) is 0 Å². The largest absolute Gasteiger partial charge is 0.469 e. The Bertz CT molecular complexity index is 487.